The fourth-order valence-corrected chi connectivity index (χ4v) is 3.19. The Morgan fingerprint density at radius 3 is 3.05 bits per heavy atom. The highest BCUT2D eigenvalue weighted by molar-refractivity contribution is 5.77. The zero-order valence-corrected chi connectivity index (χ0v) is 12.8. The summed E-state index contributed by atoms with van der Waals surface area (Å²) in [4.78, 5) is 6.43. The first-order chi connectivity index (χ1) is 10.8. The van der Waals surface area contributed by atoms with E-state index >= 15 is 0 Å². The lowest BCUT2D eigenvalue weighted by Crippen LogP contribution is -2.12. The van der Waals surface area contributed by atoms with E-state index in [0.717, 1.165) is 36.9 Å². The van der Waals surface area contributed by atoms with Gasteiger partial charge in [0.15, 0.2) is 0 Å². The maximum absolute atomic E-state index is 9.33. The van der Waals surface area contributed by atoms with Gasteiger partial charge in [0, 0.05) is 30.2 Å². The molecular weight excluding hydrogens is 270 g/mol. The fourth-order valence-electron chi connectivity index (χ4n) is 3.19. The quantitative estimate of drug-likeness (QED) is 0.851. The molecule has 1 aromatic heterocycles. The number of nitriles is 1. The van der Waals surface area contributed by atoms with Crippen molar-refractivity contribution in [3.05, 3.63) is 60.1 Å². The number of hydrogen-bond donors (Lipinski definition) is 0. The van der Waals surface area contributed by atoms with Crippen LogP contribution in [0.4, 0.5) is 5.69 Å². The van der Waals surface area contributed by atoms with Crippen molar-refractivity contribution in [3.8, 4) is 17.2 Å². The molecule has 0 unspecified atom stereocenters. The van der Waals surface area contributed by atoms with Crippen molar-refractivity contribution in [2.24, 2.45) is 0 Å². The highest BCUT2D eigenvalue weighted by Crippen LogP contribution is 2.37. The number of fused-ring (bicyclic) bond motifs is 1. The van der Waals surface area contributed by atoms with E-state index in [1.807, 2.05) is 6.20 Å². The molecule has 3 heteroatoms. The van der Waals surface area contributed by atoms with Crippen LogP contribution >= 0.6 is 0 Å². The Kier molecular flexibility index (Phi) is 3.93. The lowest BCUT2D eigenvalue weighted by Gasteiger charge is -2.19. The predicted molar refractivity (Wildman–Crippen MR) is 89.6 cm³/mol. The molecule has 1 aliphatic heterocycles. The molecule has 2 heterocycles. The third kappa shape index (κ3) is 2.37. The van der Waals surface area contributed by atoms with Gasteiger partial charge in [-0.25, -0.2) is 0 Å². The van der Waals surface area contributed by atoms with Gasteiger partial charge in [-0.1, -0.05) is 19.9 Å². The Balaban J connectivity index is 2.17. The summed E-state index contributed by atoms with van der Waals surface area (Å²) in [6.07, 6.45) is 8.52. The third-order valence-electron chi connectivity index (χ3n) is 4.17. The van der Waals surface area contributed by atoms with Crippen molar-refractivity contribution < 1.29 is 0 Å². The Labute approximate surface area is 131 Å². The molecule has 22 heavy (non-hydrogen) atoms. The minimum Gasteiger partial charge on any atom is -0.348 e. The van der Waals surface area contributed by atoms with Gasteiger partial charge in [-0.15, -0.1) is 0 Å². The van der Waals surface area contributed by atoms with Gasteiger partial charge in [-0.2, -0.15) is 5.26 Å². The van der Waals surface area contributed by atoms with Crippen LogP contribution in [-0.2, 0) is 12.8 Å². The summed E-state index contributed by atoms with van der Waals surface area (Å²) in [5, 5.41) is 9.33. The SMILES string of the molecule is C=CN1CCc2cc(-c3cnccc3C#N)cc(CCC)c21. The van der Waals surface area contributed by atoms with E-state index in [9.17, 15) is 5.26 Å². The topological polar surface area (TPSA) is 39.9 Å². The first-order valence-corrected chi connectivity index (χ1v) is 7.68. The van der Waals surface area contributed by atoms with Gasteiger partial charge in [0.05, 0.1) is 11.6 Å². The van der Waals surface area contributed by atoms with Crippen LogP contribution in [-0.4, -0.2) is 11.5 Å². The van der Waals surface area contributed by atoms with E-state index in [1.165, 1.54) is 16.8 Å². The summed E-state index contributed by atoms with van der Waals surface area (Å²) in [6, 6.07) is 8.46. The van der Waals surface area contributed by atoms with Crippen molar-refractivity contribution in [3.63, 3.8) is 0 Å². The fraction of sp³-hybridized carbons (Fsp3) is 0.263. The minimum atomic E-state index is 0.677. The number of pyridine rings is 1. The molecule has 0 aliphatic carbocycles. The normalized spacial score (nSPS) is 12.8. The summed E-state index contributed by atoms with van der Waals surface area (Å²) in [5.74, 6) is 0. The molecule has 0 saturated carbocycles. The van der Waals surface area contributed by atoms with Gasteiger partial charge >= 0.3 is 0 Å². The summed E-state index contributed by atoms with van der Waals surface area (Å²) in [6.45, 7) is 7.10. The summed E-state index contributed by atoms with van der Waals surface area (Å²) in [5.41, 5.74) is 6.67. The molecule has 0 atom stereocenters. The minimum absolute atomic E-state index is 0.677. The number of rotatable bonds is 4. The zero-order chi connectivity index (χ0) is 15.5. The molecule has 2 aromatic rings. The van der Waals surface area contributed by atoms with Crippen LogP contribution in [0.15, 0.2) is 43.4 Å². The van der Waals surface area contributed by atoms with Gasteiger partial charge in [0.2, 0.25) is 0 Å². The molecule has 0 bridgehead atoms. The molecule has 0 amide bonds. The number of benzene rings is 1. The molecule has 3 rings (SSSR count). The molecular formula is C19H19N3. The van der Waals surface area contributed by atoms with Crippen LogP contribution in [0.5, 0.6) is 0 Å². The highest BCUT2D eigenvalue weighted by Gasteiger charge is 2.22. The van der Waals surface area contributed by atoms with Crippen LogP contribution in [0, 0.1) is 11.3 Å². The number of aromatic nitrogens is 1. The Bertz CT molecular complexity index is 756. The van der Waals surface area contributed by atoms with Crippen molar-refractivity contribution in [2.45, 2.75) is 26.2 Å². The summed E-state index contributed by atoms with van der Waals surface area (Å²) >= 11 is 0. The largest absolute Gasteiger partial charge is 0.348 e. The highest BCUT2D eigenvalue weighted by atomic mass is 15.1. The second kappa shape index (κ2) is 6.03. The second-order valence-corrected chi connectivity index (χ2v) is 5.55. The summed E-state index contributed by atoms with van der Waals surface area (Å²) < 4.78 is 0. The first-order valence-electron chi connectivity index (χ1n) is 7.68. The molecule has 3 nitrogen and oxygen atoms in total. The zero-order valence-electron chi connectivity index (χ0n) is 12.8. The molecule has 110 valence electrons. The van der Waals surface area contributed by atoms with Gasteiger partial charge < -0.3 is 4.90 Å². The van der Waals surface area contributed by atoms with Crippen molar-refractivity contribution in [2.75, 3.05) is 11.4 Å². The summed E-state index contributed by atoms with van der Waals surface area (Å²) in [7, 11) is 0. The monoisotopic (exact) mass is 289 g/mol. The molecule has 1 aromatic carbocycles. The van der Waals surface area contributed by atoms with Crippen molar-refractivity contribution in [1.29, 1.82) is 5.26 Å². The number of nitrogens with zero attached hydrogens (tertiary/aromatic N) is 3. The maximum atomic E-state index is 9.33. The molecule has 0 N–H and O–H groups in total. The van der Waals surface area contributed by atoms with E-state index in [-0.39, 0.29) is 0 Å². The lowest BCUT2D eigenvalue weighted by atomic mass is 9.94. The first kappa shape index (κ1) is 14.3. The number of anilines is 1. The van der Waals surface area contributed by atoms with E-state index in [2.05, 4.69) is 41.6 Å². The second-order valence-electron chi connectivity index (χ2n) is 5.55. The molecule has 0 fully saturated rings. The van der Waals surface area contributed by atoms with Crippen LogP contribution < -0.4 is 4.90 Å². The Morgan fingerprint density at radius 1 is 1.45 bits per heavy atom. The Morgan fingerprint density at radius 2 is 2.32 bits per heavy atom. The van der Waals surface area contributed by atoms with E-state index in [4.69, 9.17) is 0 Å². The standard InChI is InChI=1S/C19H19N3/c1-3-5-14-10-17(18-13-21-8-6-16(18)12-20)11-15-7-9-22(4-2)19(14)15/h4,6,8,10-11,13H,2-3,5,7,9H2,1H3. The van der Waals surface area contributed by atoms with E-state index < -0.39 is 0 Å². The van der Waals surface area contributed by atoms with Gasteiger partial charge in [-0.05, 0) is 53.9 Å². The van der Waals surface area contributed by atoms with E-state index in [0.29, 0.717) is 5.56 Å². The lowest BCUT2D eigenvalue weighted by molar-refractivity contribution is 0.914. The smallest absolute Gasteiger partial charge is 0.0999 e. The van der Waals surface area contributed by atoms with Gasteiger partial charge in [0.25, 0.3) is 0 Å². The molecule has 0 radical (unpaired) electrons. The number of hydrogen-bond acceptors (Lipinski definition) is 3. The van der Waals surface area contributed by atoms with Crippen LogP contribution in [0.2, 0.25) is 0 Å². The molecule has 0 spiro atoms. The van der Waals surface area contributed by atoms with E-state index in [1.54, 1.807) is 18.5 Å². The molecule has 0 saturated heterocycles. The van der Waals surface area contributed by atoms with Gasteiger partial charge in [-0.3, -0.25) is 4.98 Å². The Hall–Kier alpha value is -2.60. The van der Waals surface area contributed by atoms with Crippen LogP contribution in [0.3, 0.4) is 0 Å². The predicted octanol–water partition coefficient (Wildman–Crippen LogP) is 4.08. The maximum Gasteiger partial charge on any atom is 0.0999 e. The van der Waals surface area contributed by atoms with Crippen LogP contribution in [0.25, 0.3) is 11.1 Å². The third-order valence-corrected chi connectivity index (χ3v) is 4.17. The van der Waals surface area contributed by atoms with Gasteiger partial charge in [0.1, 0.15) is 0 Å². The average molecular weight is 289 g/mol. The average Bonchev–Trinajstić information content (AvgIpc) is 2.98. The van der Waals surface area contributed by atoms with Crippen molar-refractivity contribution in [1.82, 2.24) is 4.98 Å². The molecule has 1 aliphatic rings. The van der Waals surface area contributed by atoms with Crippen LogP contribution in [0.1, 0.15) is 30.0 Å². The van der Waals surface area contributed by atoms with Crippen molar-refractivity contribution >= 4 is 5.69 Å². The number of aryl methyl sites for hydroxylation is 1.